The molecule has 0 saturated heterocycles. The highest BCUT2D eigenvalue weighted by atomic mass is 31.2. The number of benzene rings is 3. The van der Waals surface area contributed by atoms with Crippen LogP contribution in [0.1, 0.15) is 27.8 Å². The molecule has 0 aliphatic heterocycles. The number of hydrogen-bond donors (Lipinski definition) is 0. The minimum absolute atomic E-state index is 0.434. The van der Waals surface area contributed by atoms with Crippen molar-refractivity contribution in [1.82, 2.24) is 0 Å². The molecule has 0 fully saturated rings. The summed E-state index contributed by atoms with van der Waals surface area (Å²) in [4.78, 5) is 0. The van der Waals surface area contributed by atoms with Crippen LogP contribution in [0.2, 0.25) is 0 Å². The van der Waals surface area contributed by atoms with Crippen molar-refractivity contribution in [3.63, 3.8) is 0 Å². The van der Waals surface area contributed by atoms with Gasteiger partial charge in [0.2, 0.25) is 7.37 Å². The maximum atomic E-state index is 13.9. The number of aryl methyl sites for hydroxylation is 3. The number of rotatable bonds is 7. The first-order chi connectivity index (χ1) is 13.0. The lowest BCUT2D eigenvalue weighted by molar-refractivity contribution is 0.323. The lowest BCUT2D eigenvalue weighted by Crippen LogP contribution is -2.12. The van der Waals surface area contributed by atoms with E-state index in [0.29, 0.717) is 12.8 Å². The quantitative estimate of drug-likeness (QED) is 0.473. The second-order valence-electron chi connectivity index (χ2n) is 7.11. The molecule has 0 bridgehead atoms. The van der Waals surface area contributed by atoms with Gasteiger partial charge in [-0.15, -0.1) is 0 Å². The maximum Gasteiger partial charge on any atom is 0.236 e. The van der Waals surface area contributed by atoms with Gasteiger partial charge in [-0.25, -0.2) is 0 Å². The molecule has 0 saturated carbocycles. The summed E-state index contributed by atoms with van der Waals surface area (Å²) in [5.74, 6) is 0. The van der Waals surface area contributed by atoms with Crippen molar-refractivity contribution in [2.75, 3.05) is 6.61 Å². The Hall–Kier alpha value is -2.15. The molecule has 0 radical (unpaired) electrons. The Kier molecular flexibility index (Phi) is 6.31. The van der Waals surface area contributed by atoms with Gasteiger partial charge in [-0.3, -0.25) is 4.57 Å². The number of hydrogen-bond acceptors (Lipinski definition) is 2. The van der Waals surface area contributed by atoms with Crippen molar-refractivity contribution >= 4 is 12.7 Å². The average molecular weight is 378 g/mol. The third-order valence-electron chi connectivity index (χ3n) is 4.89. The van der Waals surface area contributed by atoms with Crippen LogP contribution in [0.5, 0.6) is 0 Å². The van der Waals surface area contributed by atoms with Gasteiger partial charge in [-0.05, 0) is 61.6 Å². The van der Waals surface area contributed by atoms with Gasteiger partial charge in [-0.2, -0.15) is 0 Å². The van der Waals surface area contributed by atoms with Crippen LogP contribution in [-0.4, -0.2) is 6.61 Å². The summed E-state index contributed by atoms with van der Waals surface area (Å²) in [5, 5.41) is 0.789. The molecular weight excluding hydrogens is 351 g/mol. The van der Waals surface area contributed by atoms with E-state index >= 15 is 0 Å². The van der Waals surface area contributed by atoms with E-state index in [1.54, 1.807) is 0 Å². The van der Waals surface area contributed by atoms with Gasteiger partial charge in [0.05, 0.1) is 12.8 Å². The third-order valence-corrected chi connectivity index (χ3v) is 7.31. The molecular formula is C24H27O2P. The van der Waals surface area contributed by atoms with Gasteiger partial charge < -0.3 is 4.52 Å². The van der Waals surface area contributed by atoms with Gasteiger partial charge in [0.1, 0.15) is 0 Å². The SMILES string of the molecule is Cc1cc(C)c(CP(=O)(OCCc2ccccc2)c2ccccc2)c(C)c1. The highest BCUT2D eigenvalue weighted by Gasteiger charge is 2.27. The molecule has 0 heterocycles. The summed E-state index contributed by atoms with van der Waals surface area (Å²) < 4.78 is 20.1. The molecule has 1 atom stereocenters. The fourth-order valence-electron chi connectivity index (χ4n) is 3.49. The predicted octanol–water partition coefficient (Wildman–Crippen LogP) is 5.97. The molecule has 3 aromatic rings. The summed E-state index contributed by atoms with van der Waals surface area (Å²) in [6.45, 7) is 6.72. The molecule has 3 rings (SSSR count). The summed E-state index contributed by atoms with van der Waals surface area (Å²) in [6.07, 6.45) is 1.19. The van der Waals surface area contributed by atoms with E-state index in [0.717, 1.165) is 17.3 Å². The normalized spacial score (nSPS) is 13.3. The zero-order chi connectivity index (χ0) is 19.3. The molecule has 27 heavy (non-hydrogen) atoms. The summed E-state index contributed by atoms with van der Waals surface area (Å²) in [6, 6.07) is 24.1. The molecule has 0 N–H and O–H groups in total. The van der Waals surface area contributed by atoms with Gasteiger partial charge in [-0.1, -0.05) is 66.2 Å². The molecule has 1 unspecified atom stereocenters. The van der Waals surface area contributed by atoms with Crippen molar-refractivity contribution in [2.45, 2.75) is 33.4 Å². The molecule has 0 amide bonds. The Morgan fingerprint density at radius 3 is 1.96 bits per heavy atom. The lowest BCUT2D eigenvalue weighted by atomic mass is 10.0. The van der Waals surface area contributed by atoms with Crippen molar-refractivity contribution < 1.29 is 9.09 Å². The Morgan fingerprint density at radius 1 is 0.815 bits per heavy atom. The first-order valence-electron chi connectivity index (χ1n) is 9.38. The fraction of sp³-hybridized carbons (Fsp3) is 0.250. The van der Waals surface area contributed by atoms with Crippen LogP contribution in [0.3, 0.4) is 0 Å². The summed E-state index contributed by atoms with van der Waals surface area (Å²) in [7, 11) is -3.00. The van der Waals surface area contributed by atoms with Crippen molar-refractivity contribution in [3.05, 3.63) is 101 Å². The van der Waals surface area contributed by atoms with E-state index in [4.69, 9.17) is 4.52 Å². The Labute approximate surface area is 162 Å². The second-order valence-corrected chi connectivity index (χ2v) is 9.55. The van der Waals surface area contributed by atoms with E-state index in [2.05, 4.69) is 45.0 Å². The molecule has 0 aliphatic rings. The van der Waals surface area contributed by atoms with Crippen LogP contribution >= 0.6 is 7.37 Å². The van der Waals surface area contributed by atoms with Gasteiger partial charge in [0.25, 0.3) is 0 Å². The smallest absolute Gasteiger partial charge is 0.236 e. The third kappa shape index (κ3) is 4.97. The average Bonchev–Trinajstić information content (AvgIpc) is 2.66. The van der Waals surface area contributed by atoms with E-state index in [-0.39, 0.29) is 0 Å². The summed E-state index contributed by atoms with van der Waals surface area (Å²) in [5.41, 5.74) is 5.91. The molecule has 3 aromatic carbocycles. The topological polar surface area (TPSA) is 26.3 Å². The fourth-order valence-corrected chi connectivity index (χ4v) is 5.84. The summed E-state index contributed by atoms with van der Waals surface area (Å²) >= 11 is 0. The van der Waals surface area contributed by atoms with Gasteiger partial charge in [0.15, 0.2) is 0 Å². The first-order valence-corrected chi connectivity index (χ1v) is 11.2. The van der Waals surface area contributed by atoms with E-state index in [9.17, 15) is 4.57 Å². The van der Waals surface area contributed by atoms with E-state index in [1.807, 2.05) is 48.5 Å². The van der Waals surface area contributed by atoms with Crippen LogP contribution in [0.25, 0.3) is 0 Å². The highest BCUT2D eigenvalue weighted by Crippen LogP contribution is 2.50. The van der Waals surface area contributed by atoms with Crippen LogP contribution < -0.4 is 5.30 Å². The zero-order valence-electron chi connectivity index (χ0n) is 16.3. The second kappa shape index (κ2) is 8.69. The zero-order valence-corrected chi connectivity index (χ0v) is 17.2. The molecule has 3 heteroatoms. The predicted molar refractivity (Wildman–Crippen MR) is 114 cm³/mol. The van der Waals surface area contributed by atoms with Crippen LogP contribution in [0.4, 0.5) is 0 Å². The Balaban J connectivity index is 1.86. The van der Waals surface area contributed by atoms with E-state index < -0.39 is 7.37 Å². The Bertz CT molecular complexity index is 910. The minimum atomic E-state index is -3.00. The lowest BCUT2D eigenvalue weighted by Gasteiger charge is -2.22. The molecule has 140 valence electrons. The van der Waals surface area contributed by atoms with Crippen LogP contribution in [0, 0.1) is 20.8 Å². The first kappa shape index (κ1) is 19.6. The van der Waals surface area contributed by atoms with Crippen molar-refractivity contribution in [3.8, 4) is 0 Å². The van der Waals surface area contributed by atoms with Gasteiger partial charge >= 0.3 is 0 Å². The standard InChI is InChI=1S/C24H27O2P/c1-19-16-20(2)24(21(3)17-19)18-27(25,23-12-8-5-9-13-23)26-15-14-22-10-6-4-7-11-22/h4-13,16-17H,14-15,18H2,1-3H3. The maximum absolute atomic E-state index is 13.9. The van der Waals surface area contributed by atoms with Gasteiger partial charge in [0, 0.05) is 5.30 Å². The molecule has 0 spiro atoms. The van der Waals surface area contributed by atoms with Crippen LogP contribution in [-0.2, 0) is 21.7 Å². The minimum Gasteiger partial charge on any atom is -0.325 e. The monoisotopic (exact) mass is 378 g/mol. The van der Waals surface area contributed by atoms with Crippen molar-refractivity contribution in [2.24, 2.45) is 0 Å². The van der Waals surface area contributed by atoms with Crippen LogP contribution in [0.15, 0.2) is 72.8 Å². The van der Waals surface area contributed by atoms with E-state index in [1.165, 1.54) is 22.3 Å². The Morgan fingerprint density at radius 2 is 1.37 bits per heavy atom. The largest absolute Gasteiger partial charge is 0.325 e. The van der Waals surface area contributed by atoms with Crippen molar-refractivity contribution in [1.29, 1.82) is 0 Å². The highest BCUT2D eigenvalue weighted by molar-refractivity contribution is 7.66. The molecule has 2 nitrogen and oxygen atoms in total. The molecule has 0 aromatic heterocycles. The molecule has 0 aliphatic carbocycles.